The van der Waals surface area contributed by atoms with Crippen LogP contribution in [0.15, 0.2) is 30.3 Å². The molecule has 1 N–H and O–H groups in total. The molecule has 136 valence electrons. The minimum absolute atomic E-state index is 0.0416. The minimum atomic E-state index is -1.51. The van der Waals surface area contributed by atoms with Gasteiger partial charge in [0.05, 0.1) is 0 Å². The number of rotatable bonds is 4. The molecule has 4 nitrogen and oxygen atoms in total. The molecule has 2 heterocycles. The Morgan fingerprint density at radius 3 is 2.48 bits per heavy atom. The van der Waals surface area contributed by atoms with E-state index in [9.17, 15) is 9.90 Å². The fourth-order valence-corrected chi connectivity index (χ4v) is 5.31. The van der Waals surface area contributed by atoms with Gasteiger partial charge in [-0.1, -0.05) is 43.2 Å². The molecule has 3 fully saturated rings. The van der Waals surface area contributed by atoms with Crippen LogP contribution in [0, 0.1) is 5.92 Å². The molecule has 4 rings (SSSR count). The average Bonchev–Trinajstić information content (AvgIpc) is 3.24. The number of nitrogens with zero attached hydrogens (tertiary/aromatic N) is 1. The summed E-state index contributed by atoms with van der Waals surface area (Å²) >= 11 is 0. The molecule has 2 saturated heterocycles. The van der Waals surface area contributed by atoms with E-state index in [1.165, 1.54) is 6.42 Å². The lowest BCUT2D eigenvalue weighted by Crippen LogP contribution is -2.51. The van der Waals surface area contributed by atoms with Crippen LogP contribution in [0.25, 0.3) is 0 Å². The Bertz CT molecular complexity index is 613. The highest BCUT2D eigenvalue weighted by Crippen LogP contribution is 2.43. The number of carbonyl (C=O) groups excluding carboxylic acids is 1. The second-order valence-corrected chi connectivity index (χ2v) is 8.10. The van der Waals surface area contributed by atoms with Gasteiger partial charge >= 0.3 is 5.97 Å². The van der Waals surface area contributed by atoms with Crippen LogP contribution in [0.3, 0.4) is 0 Å². The van der Waals surface area contributed by atoms with Crippen LogP contribution in [-0.2, 0) is 15.1 Å². The van der Waals surface area contributed by atoms with Crippen molar-refractivity contribution in [3.8, 4) is 0 Å². The molecule has 0 aromatic heterocycles. The molecular formula is C21H29NO3. The zero-order valence-electron chi connectivity index (χ0n) is 15.1. The predicted octanol–water partition coefficient (Wildman–Crippen LogP) is 3.23. The first-order valence-electron chi connectivity index (χ1n) is 9.81. The van der Waals surface area contributed by atoms with Crippen molar-refractivity contribution in [1.82, 2.24) is 4.90 Å². The monoisotopic (exact) mass is 343 g/mol. The predicted molar refractivity (Wildman–Crippen MR) is 96.0 cm³/mol. The van der Waals surface area contributed by atoms with E-state index in [0.717, 1.165) is 44.9 Å². The smallest absolute Gasteiger partial charge is 0.343 e. The summed E-state index contributed by atoms with van der Waals surface area (Å²) < 4.78 is 5.99. The van der Waals surface area contributed by atoms with Crippen LogP contribution in [-0.4, -0.2) is 41.2 Å². The van der Waals surface area contributed by atoms with Gasteiger partial charge in [-0.25, -0.2) is 4.79 Å². The molecule has 3 aliphatic rings. The van der Waals surface area contributed by atoms with E-state index in [4.69, 9.17) is 4.74 Å². The summed E-state index contributed by atoms with van der Waals surface area (Å²) in [7, 11) is 2.14. The Balaban J connectivity index is 1.58. The molecule has 25 heavy (non-hydrogen) atoms. The van der Waals surface area contributed by atoms with E-state index in [1.54, 1.807) is 0 Å². The minimum Gasteiger partial charge on any atom is -0.458 e. The van der Waals surface area contributed by atoms with Gasteiger partial charge in [-0.05, 0) is 51.1 Å². The number of aliphatic hydroxyl groups is 1. The Hall–Kier alpha value is -1.39. The van der Waals surface area contributed by atoms with Crippen molar-refractivity contribution in [2.75, 3.05) is 7.05 Å². The second kappa shape index (κ2) is 6.73. The highest BCUT2D eigenvalue weighted by molar-refractivity contribution is 5.82. The van der Waals surface area contributed by atoms with E-state index in [0.29, 0.717) is 17.6 Å². The fourth-order valence-electron chi connectivity index (χ4n) is 5.31. The summed E-state index contributed by atoms with van der Waals surface area (Å²) in [5, 5.41) is 11.5. The first kappa shape index (κ1) is 17.0. The Morgan fingerprint density at radius 1 is 1.08 bits per heavy atom. The highest BCUT2D eigenvalue weighted by atomic mass is 16.6. The van der Waals surface area contributed by atoms with Crippen LogP contribution in [0.1, 0.15) is 56.9 Å². The first-order valence-corrected chi connectivity index (χ1v) is 9.81. The lowest BCUT2D eigenvalue weighted by Gasteiger charge is -2.39. The van der Waals surface area contributed by atoms with Gasteiger partial charge in [-0.15, -0.1) is 0 Å². The Labute approximate surface area is 150 Å². The molecule has 1 aromatic rings. The van der Waals surface area contributed by atoms with Crippen molar-refractivity contribution in [3.05, 3.63) is 35.9 Å². The van der Waals surface area contributed by atoms with E-state index in [1.807, 2.05) is 30.3 Å². The average molecular weight is 343 g/mol. The molecule has 4 heteroatoms. The SMILES string of the molecule is CN1[C@@H]2CC[C@H](OC(=O)[C@](O)(c3ccccc3)C3CCCC3)[C@H]1CC2. The van der Waals surface area contributed by atoms with Crippen molar-refractivity contribution in [1.29, 1.82) is 0 Å². The van der Waals surface area contributed by atoms with Gasteiger partial charge in [0.1, 0.15) is 6.10 Å². The Morgan fingerprint density at radius 2 is 1.76 bits per heavy atom. The number of esters is 1. The molecule has 2 aliphatic heterocycles. The molecule has 0 amide bonds. The van der Waals surface area contributed by atoms with Crippen LogP contribution in [0.2, 0.25) is 0 Å². The third-order valence-corrected chi connectivity index (χ3v) is 6.84. The number of ether oxygens (including phenoxy) is 1. The third-order valence-electron chi connectivity index (χ3n) is 6.84. The zero-order chi connectivity index (χ0) is 17.4. The molecule has 2 bridgehead atoms. The number of likely N-dealkylation sites (N-methyl/N-ethyl adjacent to an activating group) is 1. The van der Waals surface area contributed by atoms with Crippen LogP contribution in [0.4, 0.5) is 0 Å². The van der Waals surface area contributed by atoms with Crippen LogP contribution < -0.4 is 0 Å². The van der Waals surface area contributed by atoms with Gasteiger partial charge < -0.3 is 9.84 Å². The van der Waals surface area contributed by atoms with Crippen LogP contribution >= 0.6 is 0 Å². The van der Waals surface area contributed by atoms with E-state index >= 15 is 0 Å². The topological polar surface area (TPSA) is 49.8 Å². The maximum absolute atomic E-state index is 13.2. The summed E-state index contributed by atoms with van der Waals surface area (Å²) in [6.45, 7) is 0. The number of hydrogen-bond acceptors (Lipinski definition) is 4. The van der Waals surface area contributed by atoms with Crippen molar-refractivity contribution in [2.45, 2.75) is 75.2 Å². The number of carbonyl (C=O) groups is 1. The maximum atomic E-state index is 13.2. The first-order chi connectivity index (χ1) is 12.1. The summed E-state index contributed by atoms with van der Waals surface area (Å²) in [5.41, 5.74) is -0.827. The van der Waals surface area contributed by atoms with E-state index in [2.05, 4.69) is 11.9 Å². The van der Waals surface area contributed by atoms with Gasteiger partial charge in [0, 0.05) is 18.0 Å². The molecule has 0 unspecified atom stereocenters. The van der Waals surface area contributed by atoms with Crippen molar-refractivity contribution in [2.24, 2.45) is 5.92 Å². The van der Waals surface area contributed by atoms with Gasteiger partial charge in [0.2, 0.25) is 0 Å². The van der Waals surface area contributed by atoms with Gasteiger partial charge in [0.25, 0.3) is 0 Å². The lowest BCUT2D eigenvalue weighted by molar-refractivity contribution is -0.184. The molecule has 1 saturated carbocycles. The van der Waals surface area contributed by atoms with E-state index < -0.39 is 11.6 Å². The highest BCUT2D eigenvalue weighted by Gasteiger charge is 2.50. The molecule has 0 radical (unpaired) electrons. The van der Waals surface area contributed by atoms with Gasteiger partial charge in [-0.2, -0.15) is 0 Å². The number of piperidine rings is 1. The Kier molecular flexibility index (Phi) is 4.59. The van der Waals surface area contributed by atoms with Crippen molar-refractivity contribution in [3.63, 3.8) is 0 Å². The fraction of sp³-hybridized carbons (Fsp3) is 0.667. The molecule has 1 aromatic carbocycles. The van der Waals surface area contributed by atoms with Crippen molar-refractivity contribution < 1.29 is 14.6 Å². The van der Waals surface area contributed by atoms with Crippen molar-refractivity contribution >= 4 is 5.97 Å². The largest absolute Gasteiger partial charge is 0.458 e. The summed E-state index contributed by atoms with van der Waals surface area (Å²) in [6.07, 6.45) is 8.11. The maximum Gasteiger partial charge on any atom is 0.343 e. The molecule has 1 aliphatic carbocycles. The number of hydrogen-bond donors (Lipinski definition) is 1. The molecule has 4 atom stereocenters. The van der Waals surface area contributed by atoms with Gasteiger partial charge in [-0.3, -0.25) is 4.90 Å². The van der Waals surface area contributed by atoms with E-state index in [-0.39, 0.29) is 12.0 Å². The van der Waals surface area contributed by atoms with Gasteiger partial charge in [0.15, 0.2) is 5.60 Å². The number of fused-ring (bicyclic) bond motifs is 2. The second-order valence-electron chi connectivity index (χ2n) is 8.10. The summed E-state index contributed by atoms with van der Waals surface area (Å²) in [5.74, 6) is -0.477. The molecular weight excluding hydrogens is 314 g/mol. The lowest BCUT2D eigenvalue weighted by atomic mass is 9.80. The standard InChI is InChI=1S/C21H29NO3/c1-22-17-11-13-18(22)19(14-12-17)25-20(23)21(24,16-9-5-6-10-16)15-7-3-2-4-8-15/h2-4,7-8,16-19,24H,5-6,9-14H2,1H3/t17-,18+,19-,21-/m0/s1. The normalized spacial score (nSPS) is 32.5. The zero-order valence-corrected chi connectivity index (χ0v) is 15.1. The third kappa shape index (κ3) is 2.89. The quantitative estimate of drug-likeness (QED) is 0.853. The number of benzene rings is 1. The van der Waals surface area contributed by atoms with Crippen LogP contribution in [0.5, 0.6) is 0 Å². The summed E-state index contributed by atoms with van der Waals surface area (Å²) in [4.78, 5) is 15.6. The molecule has 0 spiro atoms. The summed E-state index contributed by atoms with van der Waals surface area (Å²) in [6, 6.07) is 10.4.